The molecule has 8 rings (SSSR count). The van der Waals surface area contributed by atoms with Gasteiger partial charge in [0.25, 0.3) is 0 Å². The highest BCUT2D eigenvalue weighted by Gasteiger charge is 2.25. The first kappa shape index (κ1) is 26.8. The minimum atomic E-state index is 0.193. The van der Waals surface area contributed by atoms with E-state index in [4.69, 9.17) is 43.6 Å². The number of furan rings is 1. The lowest BCUT2D eigenvalue weighted by Gasteiger charge is -2.25. The van der Waals surface area contributed by atoms with Crippen LogP contribution in [-0.4, -0.2) is 39.2 Å². The average Bonchev–Trinajstić information content (AvgIpc) is 3.45. The lowest BCUT2D eigenvalue weighted by molar-refractivity contribution is 0.633. The van der Waals surface area contributed by atoms with Crippen molar-refractivity contribution in [3.05, 3.63) is 115 Å². The number of benzene rings is 7. The van der Waals surface area contributed by atoms with Crippen molar-refractivity contribution in [2.75, 3.05) is 0 Å². The highest BCUT2D eigenvalue weighted by molar-refractivity contribution is 6.69. The third kappa shape index (κ3) is 3.80. The lowest BCUT2D eigenvalue weighted by Crippen LogP contribution is -2.55. The van der Waals surface area contributed by atoms with Crippen molar-refractivity contribution in [1.29, 1.82) is 0 Å². The zero-order valence-corrected chi connectivity index (χ0v) is 23.8. The highest BCUT2D eigenvalue weighted by atomic mass is 16.3. The zero-order valence-electron chi connectivity index (χ0n) is 23.8. The van der Waals surface area contributed by atoms with Crippen LogP contribution in [0.4, 0.5) is 0 Å². The number of hydrogen-bond donors (Lipinski definition) is 0. The summed E-state index contributed by atoms with van der Waals surface area (Å²) in [6.07, 6.45) is 0. The van der Waals surface area contributed by atoms with Gasteiger partial charge < -0.3 is 4.42 Å². The SMILES string of the molecule is [B]c1c([B])c([B])c(-c2c3ccccc3c(-c3c(-c4cccc5ccccc45)oc4ccccc34)c3ccccc23)c([B])c1[B]. The Morgan fingerprint density at radius 3 is 1.36 bits per heavy atom. The third-order valence-corrected chi connectivity index (χ3v) is 8.76. The van der Waals surface area contributed by atoms with Crippen LogP contribution in [0, 0.1) is 0 Å². The van der Waals surface area contributed by atoms with Crippen molar-refractivity contribution >= 4 is 110 Å². The van der Waals surface area contributed by atoms with Crippen molar-refractivity contribution < 1.29 is 4.42 Å². The van der Waals surface area contributed by atoms with Gasteiger partial charge in [-0.25, -0.2) is 0 Å². The summed E-state index contributed by atoms with van der Waals surface area (Å²) in [5.41, 5.74) is 6.62. The van der Waals surface area contributed by atoms with Crippen LogP contribution in [0.15, 0.2) is 120 Å². The third-order valence-electron chi connectivity index (χ3n) is 8.76. The van der Waals surface area contributed by atoms with Crippen LogP contribution in [0.3, 0.4) is 0 Å². The van der Waals surface area contributed by atoms with E-state index in [0.717, 1.165) is 71.3 Å². The van der Waals surface area contributed by atoms with E-state index in [-0.39, 0.29) is 16.4 Å². The number of para-hydroxylation sites is 1. The second kappa shape index (κ2) is 10.1. The van der Waals surface area contributed by atoms with E-state index in [1.807, 2.05) is 42.5 Å². The molecular formula is C38H19B5O. The molecule has 1 heterocycles. The molecule has 10 radical (unpaired) electrons. The van der Waals surface area contributed by atoms with Crippen LogP contribution in [0.5, 0.6) is 0 Å². The monoisotopic (exact) mass is 546 g/mol. The fraction of sp³-hybridized carbons (Fsp3) is 0. The van der Waals surface area contributed by atoms with Crippen LogP contribution in [-0.2, 0) is 0 Å². The number of hydrogen-bond acceptors (Lipinski definition) is 1. The minimum absolute atomic E-state index is 0.193. The maximum absolute atomic E-state index is 6.76. The molecular weight excluding hydrogens is 526 g/mol. The van der Waals surface area contributed by atoms with Crippen LogP contribution >= 0.6 is 0 Å². The van der Waals surface area contributed by atoms with Gasteiger partial charge in [-0.2, -0.15) is 0 Å². The second-order valence-electron chi connectivity index (χ2n) is 11.1. The Morgan fingerprint density at radius 1 is 0.341 bits per heavy atom. The van der Waals surface area contributed by atoms with Gasteiger partial charge in [0.05, 0.1) is 0 Å². The van der Waals surface area contributed by atoms with Gasteiger partial charge >= 0.3 is 0 Å². The molecule has 0 aliphatic rings. The first-order valence-corrected chi connectivity index (χ1v) is 14.4. The summed E-state index contributed by atoms with van der Waals surface area (Å²) in [6.45, 7) is 0. The molecule has 0 aliphatic heterocycles. The van der Waals surface area contributed by atoms with Crippen molar-refractivity contribution in [3.63, 3.8) is 0 Å². The van der Waals surface area contributed by atoms with Crippen LogP contribution in [0.25, 0.3) is 76.9 Å². The summed E-state index contributed by atoms with van der Waals surface area (Å²) in [4.78, 5) is 0. The van der Waals surface area contributed by atoms with Gasteiger partial charge in [0.2, 0.25) is 0 Å². The Hall–Kier alpha value is -4.82. The molecule has 0 spiro atoms. The van der Waals surface area contributed by atoms with Gasteiger partial charge in [-0.3, -0.25) is 0 Å². The molecule has 0 saturated heterocycles. The van der Waals surface area contributed by atoms with E-state index in [1.165, 1.54) is 0 Å². The van der Waals surface area contributed by atoms with E-state index < -0.39 is 0 Å². The summed E-state index contributed by atoms with van der Waals surface area (Å²) in [7, 11) is 32.3. The van der Waals surface area contributed by atoms with E-state index in [9.17, 15) is 0 Å². The van der Waals surface area contributed by atoms with E-state index in [2.05, 4.69) is 72.8 Å². The minimum Gasteiger partial charge on any atom is -0.455 e. The maximum atomic E-state index is 6.76. The standard InChI is InChI=1S/C38H19B5O/c39-33-32(34(40)36(42)37(43)35(33)41)30-24-15-5-3-13-22(24)29(23-14-4-6-16-25(23)30)31-27-17-7-8-19-28(27)44-38(31)26-18-9-11-20-10-1-2-12-21(20)26/h1-19H. The molecule has 8 aromatic rings. The second-order valence-corrected chi connectivity index (χ2v) is 11.1. The molecule has 0 bridgehead atoms. The summed E-state index contributed by atoms with van der Waals surface area (Å²) < 4.78 is 6.76. The van der Waals surface area contributed by atoms with Crippen LogP contribution in [0.1, 0.15) is 0 Å². The molecule has 0 saturated carbocycles. The summed E-state index contributed by atoms with van der Waals surface area (Å²) in [5.74, 6) is 0.811. The van der Waals surface area contributed by atoms with Gasteiger partial charge in [-0.05, 0) is 49.5 Å². The first-order chi connectivity index (χ1) is 21.5. The van der Waals surface area contributed by atoms with Gasteiger partial charge in [0.1, 0.15) is 50.6 Å². The van der Waals surface area contributed by atoms with Gasteiger partial charge in [-0.1, -0.05) is 120 Å². The largest absolute Gasteiger partial charge is 0.455 e. The van der Waals surface area contributed by atoms with Crippen molar-refractivity contribution in [2.45, 2.75) is 0 Å². The molecule has 0 N–H and O–H groups in total. The highest BCUT2D eigenvalue weighted by Crippen LogP contribution is 2.49. The Morgan fingerprint density at radius 2 is 0.773 bits per heavy atom. The molecule has 0 fully saturated rings. The summed E-state index contributed by atoms with van der Waals surface area (Å²) in [6, 6.07) is 39.5. The van der Waals surface area contributed by atoms with Crippen molar-refractivity contribution in [2.24, 2.45) is 0 Å². The quantitative estimate of drug-likeness (QED) is 0.228. The first-order valence-electron chi connectivity index (χ1n) is 14.4. The molecule has 0 aliphatic carbocycles. The normalized spacial score (nSPS) is 11.6. The van der Waals surface area contributed by atoms with E-state index in [0.29, 0.717) is 16.5 Å². The molecule has 7 aromatic carbocycles. The van der Waals surface area contributed by atoms with Crippen molar-refractivity contribution in [1.82, 2.24) is 0 Å². The molecule has 0 amide bonds. The zero-order chi connectivity index (χ0) is 30.1. The topological polar surface area (TPSA) is 13.1 Å². The molecule has 1 aromatic heterocycles. The maximum Gasteiger partial charge on any atom is 0.143 e. The van der Waals surface area contributed by atoms with Crippen molar-refractivity contribution in [3.8, 4) is 33.6 Å². The summed E-state index contributed by atoms with van der Waals surface area (Å²) >= 11 is 0. The van der Waals surface area contributed by atoms with Gasteiger partial charge in [0, 0.05) is 22.1 Å². The van der Waals surface area contributed by atoms with E-state index in [1.54, 1.807) is 0 Å². The predicted octanol–water partition coefficient (Wildman–Crippen LogP) is 4.86. The Labute approximate surface area is 262 Å². The lowest BCUT2D eigenvalue weighted by atomic mass is 9.59. The van der Waals surface area contributed by atoms with Crippen LogP contribution in [0.2, 0.25) is 0 Å². The molecule has 192 valence electrons. The molecule has 0 atom stereocenters. The van der Waals surface area contributed by atoms with E-state index >= 15 is 0 Å². The Bertz CT molecular complexity index is 2370. The van der Waals surface area contributed by atoms with Gasteiger partial charge in [-0.15, -0.1) is 16.4 Å². The Balaban J connectivity index is 1.58. The summed E-state index contributed by atoms with van der Waals surface area (Å²) in [5, 5.41) is 7.23. The van der Waals surface area contributed by atoms with Crippen LogP contribution < -0.4 is 27.3 Å². The van der Waals surface area contributed by atoms with Gasteiger partial charge in [0.15, 0.2) is 0 Å². The number of rotatable bonds is 3. The Kier molecular flexibility index (Phi) is 6.17. The smallest absolute Gasteiger partial charge is 0.143 e. The number of fused-ring (bicyclic) bond motifs is 4. The molecule has 44 heavy (non-hydrogen) atoms. The average molecular weight is 546 g/mol. The molecule has 6 heteroatoms. The fourth-order valence-electron chi connectivity index (χ4n) is 6.69. The predicted molar refractivity (Wildman–Crippen MR) is 192 cm³/mol. The molecule has 0 unspecified atom stereocenters. The molecule has 1 nitrogen and oxygen atoms in total. The fourth-order valence-corrected chi connectivity index (χ4v) is 6.69.